The Hall–Kier alpha value is -0.400. The Bertz CT molecular complexity index is 433. The molecule has 0 saturated carbocycles. The van der Waals surface area contributed by atoms with Crippen LogP contribution in [0.4, 0.5) is 4.39 Å². The molecule has 1 saturated heterocycles. The minimum Gasteiger partial charge on any atom is -0.352 e. The van der Waals surface area contributed by atoms with Gasteiger partial charge in [0, 0.05) is 10.1 Å². The first-order chi connectivity index (χ1) is 9.18. The third-order valence-corrected chi connectivity index (χ3v) is 4.33. The largest absolute Gasteiger partial charge is 0.352 e. The lowest BCUT2D eigenvalue weighted by Gasteiger charge is -2.22. The van der Waals surface area contributed by atoms with Crippen LogP contribution < -0.4 is 10.6 Å². The molecule has 3 nitrogen and oxygen atoms in total. The Morgan fingerprint density at radius 1 is 1.50 bits per heavy atom. The summed E-state index contributed by atoms with van der Waals surface area (Å²) in [5.41, 5.74) is 0.157. The number of benzene rings is 1. The van der Waals surface area contributed by atoms with Gasteiger partial charge in [-0.2, -0.15) is 0 Å². The highest BCUT2D eigenvalue weighted by Crippen LogP contribution is 2.16. The van der Waals surface area contributed by atoms with Gasteiger partial charge >= 0.3 is 0 Å². The Labute approximate surface area is 138 Å². The van der Waals surface area contributed by atoms with E-state index < -0.39 is 5.82 Å². The quantitative estimate of drug-likeness (QED) is 0.747. The van der Waals surface area contributed by atoms with E-state index in [1.165, 1.54) is 18.9 Å². The van der Waals surface area contributed by atoms with Gasteiger partial charge in [-0.3, -0.25) is 4.79 Å². The number of halogens is 3. The second kappa shape index (κ2) is 8.79. The minimum absolute atomic E-state index is 0. The summed E-state index contributed by atoms with van der Waals surface area (Å²) in [4.78, 5) is 12.0. The fraction of sp³-hybridized carbons (Fsp3) is 0.500. The summed E-state index contributed by atoms with van der Waals surface area (Å²) in [6.07, 6.45) is 3.35. The predicted molar refractivity (Wildman–Crippen MR) is 88.9 cm³/mol. The van der Waals surface area contributed by atoms with Crippen LogP contribution >= 0.6 is 35.0 Å². The van der Waals surface area contributed by atoms with Crippen LogP contribution in [-0.4, -0.2) is 25.5 Å². The molecule has 0 aromatic heterocycles. The highest BCUT2D eigenvalue weighted by Gasteiger charge is 2.16. The van der Waals surface area contributed by atoms with Crippen molar-refractivity contribution < 1.29 is 9.18 Å². The molecule has 1 aromatic carbocycles. The highest BCUT2D eigenvalue weighted by atomic mass is 127. The molecule has 6 heteroatoms. The first-order valence-corrected chi connectivity index (χ1v) is 7.69. The van der Waals surface area contributed by atoms with Crippen molar-refractivity contribution in [3.8, 4) is 0 Å². The van der Waals surface area contributed by atoms with Gasteiger partial charge in [-0.1, -0.05) is 6.07 Å². The second-order valence-corrected chi connectivity index (χ2v) is 6.02. The molecule has 0 radical (unpaired) electrons. The smallest absolute Gasteiger partial charge is 0.255 e. The normalized spacial score (nSPS) is 18.2. The molecule has 112 valence electrons. The molecule has 1 aromatic rings. The zero-order valence-electron chi connectivity index (χ0n) is 11.1. The summed E-state index contributed by atoms with van der Waals surface area (Å²) in [6.45, 7) is 2.72. The summed E-state index contributed by atoms with van der Waals surface area (Å²) in [7, 11) is 0. The van der Waals surface area contributed by atoms with Crippen LogP contribution in [0.2, 0.25) is 0 Å². The van der Waals surface area contributed by atoms with E-state index in [0.717, 1.165) is 19.5 Å². The standard InChI is InChI=1S/C14H18FIN2O.ClH/c15-11-4-1-5-12(16)13(11)14(19)18-8-6-10-3-2-7-17-9-10;/h1,4-5,10,17H,2-3,6-9H2,(H,18,19);1H. The molecule has 0 spiro atoms. The zero-order valence-corrected chi connectivity index (χ0v) is 14.1. The summed E-state index contributed by atoms with van der Waals surface area (Å²) in [5, 5.41) is 6.17. The van der Waals surface area contributed by atoms with Crippen LogP contribution in [0.25, 0.3) is 0 Å². The van der Waals surface area contributed by atoms with Gasteiger partial charge in [-0.15, -0.1) is 12.4 Å². The van der Waals surface area contributed by atoms with Gasteiger partial charge in [-0.25, -0.2) is 4.39 Å². The molecule has 1 aliphatic heterocycles. The van der Waals surface area contributed by atoms with Gasteiger partial charge < -0.3 is 10.6 Å². The molecular weight excluding hydrogens is 394 g/mol. The Morgan fingerprint density at radius 2 is 2.30 bits per heavy atom. The van der Waals surface area contributed by atoms with E-state index in [9.17, 15) is 9.18 Å². The van der Waals surface area contributed by atoms with Crippen molar-refractivity contribution in [2.24, 2.45) is 5.92 Å². The molecule has 0 aliphatic carbocycles. The van der Waals surface area contributed by atoms with Crippen molar-refractivity contribution in [2.45, 2.75) is 19.3 Å². The molecule has 1 atom stereocenters. The summed E-state index contributed by atoms with van der Waals surface area (Å²) >= 11 is 1.99. The first-order valence-electron chi connectivity index (χ1n) is 6.61. The Balaban J connectivity index is 0.00000200. The van der Waals surface area contributed by atoms with Crippen molar-refractivity contribution in [2.75, 3.05) is 19.6 Å². The summed E-state index contributed by atoms with van der Waals surface area (Å²) < 4.78 is 14.3. The maximum Gasteiger partial charge on any atom is 0.255 e. The molecule has 1 heterocycles. The van der Waals surface area contributed by atoms with E-state index >= 15 is 0 Å². The first kappa shape index (κ1) is 17.7. The predicted octanol–water partition coefficient (Wildman–Crippen LogP) is 2.97. The number of piperidine rings is 1. The molecular formula is C14H19ClFIN2O. The fourth-order valence-corrected chi connectivity index (χ4v) is 3.07. The van der Waals surface area contributed by atoms with Gasteiger partial charge in [0.2, 0.25) is 0 Å². The zero-order chi connectivity index (χ0) is 13.7. The Morgan fingerprint density at radius 3 is 2.95 bits per heavy atom. The lowest BCUT2D eigenvalue weighted by molar-refractivity contribution is 0.0945. The molecule has 20 heavy (non-hydrogen) atoms. The van der Waals surface area contributed by atoms with E-state index in [0.29, 0.717) is 16.0 Å². The average Bonchev–Trinajstić information content (AvgIpc) is 2.40. The van der Waals surface area contributed by atoms with E-state index in [-0.39, 0.29) is 23.9 Å². The van der Waals surface area contributed by atoms with Gasteiger partial charge in [-0.05, 0) is 73.0 Å². The van der Waals surface area contributed by atoms with Crippen molar-refractivity contribution in [1.29, 1.82) is 0 Å². The van der Waals surface area contributed by atoms with E-state index in [2.05, 4.69) is 10.6 Å². The number of carbonyl (C=O) groups excluding carboxylic acids is 1. The van der Waals surface area contributed by atoms with Crippen LogP contribution in [0.15, 0.2) is 18.2 Å². The maximum atomic E-state index is 13.6. The molecule has 1 amide bonds. The molecule has 2 N–H and O–H groups in total. The number of rotatable bonds is 4. The van der Waals surface area contributed by atoms with Crippen molar-refractivity contribution in [3.63, 3.8) is 0 Å². The van der Waals surface area contributed by atoms with Crippen LogP contribution in [0.3, 0.4) is 0 Å². The lowest BCUT2D eigenvalue weighted by atomic mass is 9.96. The van der Waals surface area contributed by atoms with Crippen molar-refractivity contribution in [1.82, 2.24) is 10.6 Å². The molecule has 0 bridgehead atoms. The van der Waals surface area contributed by atoms with Crippen LogP contribution in [-0.2, 0) is 0 Å². The highest BCUT2D eigenvalue weighted by molar-refractivity contribution is 14.1. The summed E-state index contributed by atoms with van der Waals surface area (Å²) in [6, 6.07) is 4.67. The number of hydrogen-bond acceptors (Lipinski definition) is 2. The third kappa shape index (κ3) is 4.86. The number of amides is 1. The SMILES string of the molecule is Cl.O=C(NCCC1CCCNC1)c1c(F)cccc1I. The van der Waals surface area contributed by atoms with Crippen LogP contribution in [0.5, 0.6) is 0 Å². The number of hydrogen-bond donors (Lipinski definition) is 2. The van der Waals surface area contributed by atoms with Gasteiger partial charge in [0.25, 0.3) is 5.91 Å². The van der Waals surface area contributed by atoms with E-state index in [1.807, 2.05) is 22.6 Å². The molecule has 1 fully saturated rings. The van der Waals surface area contributed by atoms with Crippen LogP contribution in [0.1, 0.15) is 29.6 Å². The molecule has 2 rings (SSSR count). The average molecular weight is 413 g/mol. The third-order valence-electron chi connectivity index (χ3n) is 3.43. The second-order valence-electron chi connectivity index (χ2n) is 4.85. The number of carbonyl (C=O) groups is 1. The van der Waals surface area contributed by atoms with Gasteiger partial charge in [0.15, 0.2) is 0 Å². The molecule has 1 aliphatic rings. The Kier molecular flexibility index (Phi) is 7.76. The van der Waals surface area contributed by atoms with Crippen molar-refractivity contribution >= 4 is 40.9 Å². The van der Waals surface area contributed by atoms with Gasteiger partial charge in [0.05, 0.1) is 5.56 Å². The van der Waals surface area contributed by atoms with Crippen LogP contribution in [0, 0.1) is 15.3 Å². The topological polar surface area (TPSA) is 41.1 Å². The van der Waals surface area contributed by atoms with Crippen molar-refractivity contribution in [3.05, 3.63) is 33.1 Å². The minimum atomic E-state index is -0.455. The lowest BCUT2D eigenvalue weighted by Crippen LogP contribution is -2.33. The fourth-order valence-electron chi connectivity index (χ4n) is 2.36. The molecule has 1 unspecified atom stereocenters. The van der Waals surface area contributed by atoms with E-state index in [1.54, 1.807) is 12.1 Å². The summed E-state index contributed by atoms with van der Waals surface area (Å²) in [5.74, 6) is -0.149. The number of nitrogens with one attached hydrogen (secondary N) is 2. The van der Waals surface area contributed by atoms with E-state index in [4.69, 9.17) is 0 Å². The monoisotopic (exact) mass is 412 g/mol. The van der Waals surface area contributed by atoms with Gasteiger partial charge in [0.1, 0.15) is 5.82 Å². The maximum absolute atomic E-state index is 13.6.